The van der Waals surface area contributed by atoms with E-state index in [4.69, 9.17) is 15.9 Å². The maximum absolute atomic E-state index is 12.8. The van der Waals surface area contributed by atoms with Gasteiger partial charge in [-0.15, -0.1) is 0 Å². The zero-order chi connectivity index (χ0) is 13.9. The quantitative estimate of drug-likeness (QED) is 0.645. The number of hydrogen-bond acceptors (Lipinski definition) is 2. The van der Waals surface area contributed by atoms with Gasteiger partial charge in [0.1, 0.15) is 11.6 Å². The topological polar surface area (TPSA) is 59.1 Å². The third-order valence-corrected chi connectivity index (χ3v) is 2.17. The van der Waals surface area contributed by atoms with Crippen LogP contribution in [0.3, 0.4) is 0 Å². The molecule has 0 atom stereocenters. The lowest BCUT2D eigenvalue weighted by molar-refractivity contribution is -0.139. The Morgan fingerprint density at radius 2 is 2.00 bits per heavy atom. The average molecular weight is 260 g/mol. The largest absolute Gasteiger partial charge is 0.493 e. The van der Waals surface area contributed by atoms with Crippen molar-refractivity contribution in [2.45, 2.75) is 20.0 Å². The Balaban J connectivity index is 3.13. The summed E-state index contributed by atoms with van der Waals surface area (Å²) < 4.78 is 43.6. The highest BCUT2D eigenvalue weighted by Gasteiger charge is 2.34. The zero-order valence-electron chi connectivity index (χ0n) is 10.1. The lowest BCUT2D eigenvalue weighted by atomic mass is 10.1. The molecule has 0 heterocycles. The third-order valence-electron chi connectivity index (χ3n) is 2.17. The molecule has 1 rings (SSSR count). The van der Waals surface area contributed by atoms with Crippen molar-refractivity contribution in [1.29, 1.82) is 5.41 Å². The van der Waals surface area contributed by atoms with Crippen molar-refractivity contribution in [3.05, 3.63) is 29.3 Å². The molecule has 6 heteroatoms. The van der Waals surface area contributed by atoms with E-state index in [9.17, 15) is 13.2 Å². The number of ether oxygens (including phenoxy) is 1. The van der Waals surface area contributed by atoms with Crippen molar-refractivity contribution < 1.29 is 17.9 Å². The van der Waals surface area contributed by atoms with E-state index < -0.39 is 17.6 Å². The van der Waals surface area contributed by atoms with Gasteiger partial charge in [-0.2, -0.15) is 13.2 Å². The maximum atomic E-state index is 12.8. The maximum Gasteiger partial charge on any atom is 0.419 e. The minimum Gasteiger partial charge on any atom is -0.493 e. The number of halogens is 3. The Hall–Kier alpha value is -1.72. The zero-order valence-corrected chi connectivity index (χ0v) is 10.1. The van der Waals surface area contributed by atoms with Crippen LogP contribution in [0.4, 0.5) is 13.2 Å². The minimum atomic E-state index is -4.53. The molecule has 3 nitrogen and oxygen atoms in total. The molecule has 0 aliphatic carbocycles. The second-order valence-corrected chi connectivity index (χ2v) is 4.33. The predicted molar refractivity (Wildman–Crippen MR) is 62.8 cm³/mol. The van der Waals surface area contributed by atoms with Crippen LogP contribution in [0.25, 0.3) is 0 Å². The summed E-state index contributed by atoms with van der Waals surface area (Å²) in [5.41, 5.74) is 4.29. The highest BCUT2D eigenvalue weighted by molar-refractivity contribution is 5.95. The number of nitrogens with one attached hydrogen (secondary N) is 1. The number of nitrogen functional groups attached to an aromatic ring is 1. The Morgan fingerprint density at radius 3 is 2.44 bits per heavy atom. The fraction of sp³-hybridized carbons (Fsp3) is 0.417. The van der Waals surface area contributed by atoms with Crippen LogP contribution in [-0.4, -0.2) is 12.4 Å². The van der Waals surface area contributed by atoms with Crippen LogP contribution < -0.4 is 10.5 Å². The first-order valence-electron chi connectivity index (χ1n) is 5.40. The molecule has 0 aliphatic rings. The second-order valence-electron chi connectivity index (χ2n) is 4.33. The first-order chi connectivity index (χ1) is 8.21. The molecule has 0 saturated heterocycles. The monoisotopic (exact) mass is 260 g/mol. The fourth-order valence-electron chi connectivity index (χ4n) is 1.30. The molecule has 0 fully saturated rings. The van der Waals surface area contributed by atoms with Gasteiger partial charge in [0.2, 0.25) is 0 Å². The molecule has 3 N–H and O–H groups in total. The first kappa shape index (κ1) is 14.3. The molecule has 1 aromatic rings. The summed E-state index contributed by atoms with van der Waals surface area (Å²) in [5, 5.41) is 7.15. The second kappa shape index (κ2) is 5.29. The highest BCUT2D eigenvalue weighted by Crippen LogP contribution is 2.36. The summed E-state index contributed by atoms with van der Waals surface area (Å²) in [5.74, 6) is -0.518. The normalized spacial score (nSPS) is 11.7. The summed E-state index contributed by atoms with van der Waals surface area (Å²) in [6, 6.07) is 3.37. The molecular formula is C12H15F3N2O. The molecule has 0 unspecified atom stereocenters. The first-order valence-corrected chi connectivity index (χ1v) is 5.40. The summed E-state index contributed by atoms with van der Waals surface area (Å²) in [4.78, 5) is 0. The van der Waals surface area contributed by atoms with Crippen molar-refractivity contribution in [1.82, 2.24) is 0 Å². The highest BCUT2D eigenvalue weighted by atomic mass is 19.4. The number of benzene rings is 1. The van der Waals surface area contributed by atoms with E-state index in [1.54, 1.807) is 0 Å². The van der Waals surface area contributed by atoms with Crippen LogP contribution in [0.5, 0.6) is 5.75 Å². The van der Waals surface area contributed by atoms with Crippen molar-refractivity contribution in [2.24, 2.45) is 11.7 Å². The summed E-state index contributed by atoms with van der Waals surface area (Å²) in [6.45, 7) is 3.89. The Labute approximate surface area is 103 Å². The van der Waals surface area contributed by atoms with E-state index in [-0.39, 0.29) is 23.8 Å². The minimum absolute atomic E-state index is 0.0271. The number of nitrogens with two attached hydrogens (primary N) is 1. The van der Waals surface area contributed by atoms with Gasteiger partial charge in [0.15, 0.2) is 0 Å². The van der Waals surface area contributed by atoms with Crippen molar-refractivity contribution in [3.8, 4) is 5.75 Å². The molecule has 0 saturated carbocycles. The molecule has 0 bridgehead atoms. The van der Waals surface area contributed by atoms with Crippen LogP contribution in [0.15, 0.2) is 18.2 Å². The van der Waals surface area contributed by atoms with E-state index >= 15 is 0 Å². The molecule has 0 radical (unpaired) electrons. The van der Waals surface area contributed by atoms with Crippen LogP contribution in [0, 0.1) is 11.3 Å². The van der Waals surface area contributed by atoms with Gasteiger partial charge in [0.05, 0.1) is 12.2 Å². The molecule has 1 aromatic carbocycles. The van der Waals surface area contributed by atoms with Crippen molar-refractivity contribution >= 4 is 5.84 Å². The smallest absolute Gasteiger partial charge is 0.419 e. The lowest BCUT2D eigenvalue weighted by Gasteiger charge is -2.16. The van der Waals surface area contributed by atoms with Gasteiger partial charge in [-0.3, -0.25) is 5.41 Å². The van der Waals surface area contributed by atoms with Gasteiger partial charge in [0.25, 0.3) is 0 Å². The molecule has 18 heavy (non-hydrogen) atoms. The van der Waals surface area contributed by atoms with Gasteiger partial charge in [0, 0.05) is 5.56 Å². The van der Waals surface area contributed by atoms with Crippen molar-refractivity contribution in [3.63, 3.8) is 0 Å². The van der Waals surface area contributed by atoms with Crippen molar-refractivity contribution in [2.75, 3.05) is 6.61 Å². The van der Waals surface area contributed by atoms with Gasteiger partial charge < -0.3 is 10.5 Å². The van der Waals surface area contributed by atoms with Gasteiger partial charge >= 0.3 is 6.18 Å². The van der Waals surface area contributed by atoms with E-state index in [1.165, 1.54) is 12.1 Å². The molecule has 0 spiro atoms. The fourth-order valence-corrected chi connectivity index (χ4v) is 1.30. The summed E-state index contributed by atoms with van der Waals surface area (Å²) in [7, 11) is 0. The number of amidine groups is 1. The molecule has 100 valence electrons. The standard InChI is InChI=1S/C12H15F3N2O/c1-7(2)6-18-10-4-3-8(11(16)17)5-9(10)12(13,14)15/h3-5,7H,6H2,1-2H3,(H3,16,17). The molecule has 0 aromatic heterocycles. The average Bonchev–Trinajstić information content (AvgIpc) is 2.24. The number of rotatable bonds is 4. The van der Waals surface area contributed by atoms with E-state index in [0.29, 0.717) is 0 Å². The Morgan fingerprint density at radius 1 is 1.39 bits per heavy atom. The number of alkyl halides is 3. The third kappa shape index (κ3) is 3.65. The van der Waals surface area contributed by atoms with Crippen LogP contribution in [-0.2, 0) is 6.18 Å². The van der Waals surface area contributed by atoms with Gasteiger partial charge in [-0.25, -0.2) is 0 Å². The molecular weight excluding hydrogens is 245 g/mol. The molecule has 0 aliphatic heterocycles. The SMILES string of the molecule is CC(C)COc1ccc(C(=N)N)cc1C(F)(F)F. The predicted octanol–water partition coefficient (Wildman–Crippen LogP) is 3.02. The Bertz CT molecular complexity index is 441. The van der Waals surface area contributed by atoms with Gasteiger partial charge in [-0.1, -0.05) is 13.8 Å². The van der Waals surface area contributed by atoms with E-state index in [1.807, 2.05) is 13.8 Å². The lowest BCUT2D eigenvalue weighted by Crippen LogP contribution is -2.16. The van der Waals surface area contributed by atoms with Crippen LogP contribution in [0.2, 0.25) is 0 Å². The number of hydrogen-bond donors (Lipinski definition) is 2. The van der Waals surface area contributed by atoms with Gasteiger partial charge in [-0.05, 0) is 24.1 Å². The Kier molecular flexibility index (Phi) is 4.21. The summed E-state index contributed by atoms with van der Waals surface area (Å²) >= 11 is 0. The van der Waals surface area contributed by atoms with E-state index in [2.05, 4.69) is 0 Å². The molecule has 0 amide bonds. The van der Waals surface area contributed by atoms with Crippen LogP contribution >= 0.6 is 0 Å². The van der Waals surface area contributed by atoms with E-state index in [0.717, 1.165) is 6.07 Å². The van der Waals surface area contributed by atoms with Crippen LogP contribution in [0.1, 0.15) is 25.0 Å². The summed E-state index contributed by atoms with van der Waals surface area (Å²) in [6.07, 6.45) is -4.53.